The van der Waals surface area contributed by atoms with Crippen molar-refractivity contribution in [3.63, 3.8) is 0 Å². The summed E-state index contributed by atoms with van der Waals surface area (Å²) in [7, 11) is 1.69. The molecule has 0 amide bonds. The number of nitrogens with zero attached hydrogens (tertiary/aromatic N) is 3. The molecule has 1 fully saturated rings. The van der Waals surface area contributed by atoms with Gasteiger partial charge in [-0.05, 0) is 13.3 Å². The highest BCUT2D eigenvalue weighted by molar-refractivity contribution is 6.30. The van der Waals surface area contributed by atoms with E-state index in [1.54, 1.807) is 7.11 Å². The molecule has 1 saturated heterocycles. The molecule has 0 bridgehead atoms. The molecule has 2 heterocycles. The van der Waals surface area contributed by atoms with Gasteiger partial charge in [-0.1, -0.05) is 48.9 Å². The van der Waals surface area contributed by atoms with Crippen LogP contribution < -0.4 is 4.90 Å². The van der Waals surface area contributed by atoms with Crippen LogP contribution in [0.25, 0.3) is 11.4 Å². The first-order valence-electron chi connectivity index (χ1n) is 8.63. The molecule has 25 heavy (non-hydrogen) atoms. The molecule has 1 aromatic carbocycles. The maximum atomic E-state index is 6.50. The highest BCUT2D eigenvalue weighted by Crippen LogP contribution is 2.30. The van der Waals surface area contributed by atoms with Gasteiger partial charge in [-0.2, -0.15) is 0 Å². The number of aromatic nitrogens is 2. The molecule has 2 aromatic rings. The summed E-state index contributed by atoms with van der Waals surface area (Å²) in [5.74, 6) is 1.55. The lowest BCUT2D eigenvalue weighted by Crippen LogP contribution is -2.49. The van der Waals surface area contributed by atoms with Crippen molar-refractivity contribution >= 4 is 17.4 Å². The maximum Gasteiger partial charge on any atom is 0.163 e. The summed E-state index contributed by atoms with van der Waals surface area (Å²) in [6.45, 7) is 6.21. The quantitative estimate of drug-likeness (QED) is 0.761. The van der Waals surface area contributed by atoms with E-state index >= 15 is 0 Å². The fraction of sp³-hybridized carbons (Fsp3) is 0.474. The zero-order chi connectivity index (χ0) is 17.8. The summed E-state index contributed by atoms with van der Waals surface area (Å²) in [5.41, 5.74) is 1.94. The summed E-state index contributed by atoms with van der Waals surface area (Å²) >= 11 is 6.50. The number of hydrogen-bond acceptors (Lipinski definition) is 5. The Hall–Kier alpha value is -1.69. The molecule has 3 rings (SSSR count). The summed E-state index contributed by atoms with van der Waals surface area (Å²) in [6, 6.07) is 9.93. The largest absolute Gasteiger partial charge is 0.382 e. The lowest BCUT2D eigenvalue weighted by molar-refractivity contribution is -0.0513. The van der Waals surface area contributed by atoms with E-state index in [1.165, 1.54) is 0 Å². The normalized spacial score (nSPS) is 20.7. The van der Waals surface area contributed by atoms with E-state index in [2.05, 4.69) is 23.7 Å². The lowest BCUT2D eigenvalue weighted by Gasteiger charge is -2.38. The Morgan fingerprint density at radius 2 is 2.00 bits per heavy atom. The van der Waals surface area contributed by atoms with Gasteiger partial charge >= 0.3 is 0 Å². The molecule has 0 spiro atoms. The molecule has 0 aliphatic carbocycles. The topological polar surface area (TPSA) is 47.5 Å². The Kier molecular flexibility index (Phi) is 5.89. The number of hydrogen-bond donors (Lipinski definition) is 0. The molecule has 1 aromatic heterocycles. The van der Waals surface area contributed by atoms with Crippen LogP contribution in [0.15, 0.2) is 30.3 Å². The van der Waals surface area contributed by atoms with Crippen LogP contribution in [0.3, 0.4) is 0 Å². The van der Waals surface area contributed by atoms with Crippen molar-refractivity contribution in [2.45, 2.75) is 32.5 Å². The van der Waals surface area contributed by atoms with Crippen LogP contribution in [0.5, 0.6) is 0 Å². The second-order valence-corrected chi connectivity index (χ2v) is 6.65. The van der Waals surface area contributed by atoms with Crippen molar-refractivity contribution in [1.29, 1.82) is 0 Å². The molecule has 0 saturated carbocycles. The molecule has 1 aliphatic heterocycles. The minimum Gasteiger partial charge on any atom is -0.382 e. The maximum absolute atomic E-state index is 6.50. The summed E-state index contributed by atoms with van der Waals surface area (Å²) < 4.78 is 11.2. The van der Waals surface area contributed by atoms with Gasteiger partial charge in [-0.25, -0.2) is 9.97 Å². The zero-order valence-corrected chi connectivity index (χ0v) is 15.7. The number of methoxy groups -OCH3 is 1. The van der Waals surface area contributed by atoms with E-state index in [0.717, 1.165) is 36.5 Å². The first-order chi connectivity index (χ1) is 12.1. The van der Waals surface area contributed by atoms with Crippen molar-refractivity contribution in [2.75, 3.05) is 31.7 Å². The van der Waals surface area contributed by atoms with Crippen LogP contribution >= 0.6 is 11.6 Å². The first-order valence-corrected chi connectivity index (χ1v) is 9.01. The number of anilines is 1. The molecular weight excluding hydrogens is 338 g/mol. The van der Waals surface area contributed by atoms with Crippen molar-refractivity contribution in [3.05, 3.63) is 41.0 Å². The van der Waals surface area contributed by atoms with Gasteiger partial charge < -0.3 is 14.4 Å². The van der Waals surface area contributed by atoms with E-state index in [4.69, 9.17) is 26.1 Å². The van der Waals surface area contributed by atoms with Crippen LogP contribution in [0.1, 0.15) is 19.4 Å². The van der Waals surface area contributed by atoms with Crippen LogP contribution in [0, 0.1) is 0 Å². The molecule has 0 N–H and O–H groups in total. The third kappa shape index (κ3) is 4.11. The van der Waals surface area contributed by atoms with Crippen LogP contribution in [-0.4, -0.2) is 49.0 Å². The number of morpholine rings is 1. The van der Waals surface area contributed by atoms with Crippen LogP contribution in [-0.2, 0) is 15.9 Å². The van der Waals surface area contributed by atoms with Crippen molar-refractivity contribution in [2.24, 2.45) is 0 Å². The van der Waals surface area contributed by atoms with Gasteiger partial charge in [0.25, 0.3) is 0 Å². The predicted octanol–water partition coefficient (Wildman–Crippen LogP) is 3.60. The van der Waals surface area contributed by atoms with E-state index in [-0.39, 0.29) is 12.2 Å². The molecule has 5 nitrogen and oxygen atoms in total. The molecule has 2 unspecified atom stereocenters. The number of ether oxygens (including phenoxy) is 2. The third-order valence-electron chi connectivity index (χ3n) is 4.30. The van der Waals surface area contributed by atoms with Gasteiger partial charge in [-0.15, -0.1) is 0 Å². The van der Waals surface area contributed by atoms with Gasteiger partial charge in [0.1, 0.15) is 11.0 Å². The minimum absolute atomic E-state index is 0.0207. The van der Waals surface area contributed by atoms with Crippen LogP contribution in [0.2, 0.25) is 5.15 Å². The van der Waals surface area contributed by atoms with E-state index in [0.29, 0.717) is 17.6 Å². The van der Waals surface area contributed by atoms with Gasteiger partial charge in [0.2, 0.25) is 0 Å². The lowest BCUT2D eigenvalue weighted by atomic mass is 10.1. The van der Waals surface area contributed by atoms with Crippen molar-refractivity contribution < 1.29 is 9.47 Å². The van der Waals surface area contributed by atoms with Gasteiger partial charge in [0.15, 0.2) is 5.82 Å². The highest BCUT2D eigenvalue weighted by atomic mass is 35.5. The van der Waals surface area contributed by atoms with E-state index in [1.807, 2.05) is 30.3 Å². The zero-order valence-electron chi connectivity index (χ0n) is 14.9. The molecule has 0 radical (unpaired) electrons. The fourth-order valence-corrected chi connectivity index (χ4v) is 3.52. The fourth-order valence-electron chi connectivity index (χ4n) is 3.22. The highest BCUT2D eigenvalue weighted by Gasteiger charge is 2.28. The van der Waals surface area contributed by atoms with Crippen molar-refractivity contribution in [3.8, 4) is 11.4 Å². The Labute approximate surface area is 153 Å². The SMILES string of the molecule is CCc1c(Cl)nc(-c2ccccc2)nc1N1CC(C)OC(COC)C1. The minimum atomic E-state index is 0.0207. The van der Waals surface area contributed by atoms with E-state index in [9.17, 15) is 0 Å². The van der Waals surface area contributed by atoms with Gasteiger partial charge in [0.05, 0.1) is 18.8 Å². The second-order valence-electron chi connectivity index (χ2n) is 6.29. The second kappa shape index (κ2) is 8.13. The Bertz CT molecular complexity index is 711. The number of rotatable bonds is 5. The van der Waals surface area contributed by atoms with Gasteiger partial charge in [-0.3, -0.25) is 0 Å². The van der Waals surface area contributed by atoms with Gasteiger partial charge in [0, 0.05) is 31.3 Å². The average molecular weight is 362 g/mol. The molecular formula is C19H24ClN3O2. The third-order valence-corrected chi connectivity index (χ3v) is 4.61. The molecule has 6 heteroatoms. The first kappa shape index (κ1) is 18.1. The summed E-state index contributed by atoms with van der Waals surface area (Å²) in [5, 5.41) is 0.522. The predicted molar refractivity (Wildman–Crippen MR) is 100 cm³/mol. The number of benzene rings is 1. The monoisotopic (exact) mass is 361 g/mol. The summed E-state index contributed by atoms with van der Waals surface area (Å²) in [6.07, 6.45) is 0.907. The molecule has 1 aliphatic rings. The smallest absolute Gasteiger partial charge is 0.163 e. The Balaban J connectivity index is 2.00. The van der Waals surface area contributed by atoms with E-state index < -0.39 is 0 Å². The summed E-state index contributed by atoms with van der Waals surface area (Å²) in [4.78, 5) is 11.6. The molecule has 134 valence electrons. The Morgan fingerprint density at radius 1 is 1.24 bits per heavy atom. The number of halogens is 1. The molecule has 2 atom stereocenters. The average Bonchev–Trinajstić information content (AvgIpc) is 2.61. The Morgan fingerprint density at radius 3 is 2.68 bits per heavy atom. The standard InChI is InChI=1S/C19H24ClN3O2/c1-4-16-17(20)21-18(14-8-6-5-7-9-14)22-19(16)23-10-13(2)25-15(11-23)12-24-3/h5-9,13,15H,4,10-12H2,1-3H3. The van der Waals surface area contributed by atoms with Crippen LogP contribution in [0.4, 0.5) is 5.82 Å². The van der Waals surface area contributed by atoms with Crippen molar-refractivity contribution in [1.82, 2.24) is 9.97 Å².